The van der Waals surface area contributed by atoms with Gasteiger partial charge in [-0.15, -0.1) is 12.4 Å². The summed E-state index contributed by atoms with van der Waals surface area (Å²) in [6, 6.07) is 4.70. The van der Waals surface area contributed by atoms with Crippen LogP contribution < -0.4 is 19.5 Å². The molecule has 2 N–H and O–H groups in total. The van der Waals surface area contributed by atoms with Gasteiger partial charge in [-0.05, 0) is 37.6 Å². The number of benzene rings is 1. The Balaban J connectivity index is 0.00000176. The Hall–Kier alpha value is -1.02. The summed E-state index contributed by atoms with van der Waals surface area (Å²) in [6.45, 7) is 4.63. The molecule has 2 unspecified atom stereocenters. The predicted octanol–water partition coefficient (Wildman–Crippen LogP) is 1.16. The highest BCUT2D eigenvalue weighted by molar-refractivity contribution is 7.89. The molecular formula is C14H21ClN2O4S. The summed E-state index contributed by atoms with van der Waals surface area (Å²) in [5, 5.41) is 3.26. The number of fused-ring (bicyclic) bond motifs is 1. The van der Waals surface area contributed by atoms with Gasteiger partial charge in [0.25, 0.3) is 0 Å². The molecule has 2 atom stereocenters. The van der Waals surface area contributed by atoms with Crippen LogP contribution in [0.25, 0.3) is 0 Å². The van der Waals surface area contributed by atoms with Crippen LogP contribution in [0.4, 0.5) is 0 Å². The van der Waals surface area contributed by atoms with E-state index >= 15 is 0 Å². The van der Waals surface area contributed by atoms with E-state index in [-0.39, 0.29) is 29.3 Å². The number of nitrogens with one attached hydrogen (secondary N) is 2. The van der Waals surface area contributed by atoms with E-state index in [0.717, 1.165) is 19.5 Å². The number of sulfonamides is 1. The lowest BCUT2D eigenvalue weighted by Crippen LogP contribution is -2.48. The molecule has 1 fully saturated rings. The smallest absolute Gasteiger partial charge is 0.240 e. The number of halogens is 1. The van der Waals surface area contributed by atoms with E-state index in [4.69, 9.17) is 9.47 Å². The van der Waals surface area contributed by atoms with Crippen molar-refractivity contribution in [2.45, 2.75) is 24.3 Å². The maximum atomic E-state index is 12.5. The third-order valence-corrected chi connectivity index (χ3v) is 5.40. The molecule has 0 amide bonds. The molecule has 0 aliphatic carbocycles. The summed E-state index contributed by atoms with van der Waals surface area (Å²) in [5.41, 5.74) is 0. The minimum Gasteiger partial charge on any atom is -0.486 e. The van der Waals surface area contributed by atoms with Gasteiger partial charge in [-0.3, -0.25) is 0 Å². The van der Waals surface area contributed by atoms with Gasteiger partial charge >= 0.3 is 0 Å². The van der Waals surface area contributed by atoms with Crippen molar-refractivity contribution in [3.63, 3.8) is 0 Å². The molecule has 2 heterocycles. The van der Waals surface area contributed by atoms with Crippen LogP contribution >= 0.6 is 12.4 Å². The van der Waals surface area contributed by atoms with Crippen molar-refractivity contribution in [3.05, 3.63) is 18.2 Å². The standard InChI is InChI=1S/C14H20N2O4S.ClH/c1-10-9-15-5-4-12(10)16-21(17,18)11-2-3-13-14(8-11)20-7-6-19-13;/h2-3,8,10,12,15-16H,4-7,9H2,1H3;1H. The average Bonchev–Trinajstić information content (AvgIpc) is 2.49. The molecule has 1 aromatic carbocycles. The summed E-state index contributed by atoms with van der Waals surface area (Å²) < 4.78 is 38.7. The Morgan fingerprint density at radius 1 is 1.23 bits per heavy atom. The number of piperidine rings is 1. The lowest BCUT2D eigenvalue weighted by atomic mass is 9.97. The van der Waals surface area contributed by atoms with Crippen LogP contribution in [0.1, 0.15) is 13.3 Å². The van der Waals surface area contributed by atoms with Gasteiger partial charge in [0.15, 0.2) is 11.5 Å². The van der Waals surface area contributed by atoms with Crippen molar-refractivity contribution >= 4 is 22.4 Å². The fourth-order valence-corrected chi connectivity index (χ4v) is 4.04. The first-order valence-corrected chi connectivity index (χ1v) is 8.67. The minimum atomic E-state index is -3.54. The Labute approximate surface area is 137 Å². The van der Waals surface area contributed by atoms with Gasteiger partial charge in [-0.1, -0.05) is 6.92 Å². The van der Waals surface area contributed by atoms with E-state index in [1.807, 2.05) is 6.92 Å². The highest BCUT2D eigenvalue weighted by Crippen LogP contribution is 2.32. The highest BCUT2D eigenvalue weighted by Gasteiger charge is 2.27. The molecule has 0 saturated carbocycles. The molecule has 3 rings (SSSR count). The van der Waals surface area contributed by atoms with Crippen molar-refractivity contribution in [2.75, 3.05) is 26.3 Å². The average molecular weight is 349 g/mol. The predicted molar refractivity (Wildman–Crippen MR) is 85.4 cm³/mol. The zero-order chi connectivity index (χ0) is 14.9. The monoisotopic (exact) mass is 348 g/mol. The van der Waals surface area contributed by atoms with Crippen LogP contribution in [0.2, 0.25) is 0 Å². The van der Waals surface area contributed by atoms with E-state index < -0.39 is 10.0 Å². The largest absolute Gasteiger partial charge is 0.486 e. The summed E-state index contributed by atoms with van der Waals surface area (Å²) in [5.74, 6) is 1.35. The quantitative estimate of drug-likeness (QED) is 0.857. The van der Waals surface area contributed by atoms with E-state index in [0.29, 0.717) is 24.7 Å². The fourth-order valence-electron chi connectivity index (χ4n) is 2.65. The normalized spacial score (nSPS) is 24.4. The molecule has 0 aromatic heterocycles. The van der Waals surface area contributed by atoms with Gasteiger partial charge in [0.1, 0.15) is 13.2 Å². The van der Waals surface area contributed by atoms with E-state index in [1.165, 1.54) is 6.07 Å². The van der Waals surface area contributed by atoms with Gasteiger partial charge < -0.3 is 14.8 Å². The summed E-state index contributed by atoms with van der Waals surface area (Å²) in [7, 11) is -3.54. The van der Waals surface area contributed by atoms with Crippen LogP contribution in [0.5, 0.6) is 11.5 Å². The maximum absolute atomic E-state index is 12.5. The summed E-state index contributed by atoms with van der Waals surface area (Å²) in [4.78, 5) is 0.220. The highest BCUT2D eigenvalue weighted by atomic mass is 35.5. The summed E-state index contributed by atoms with van der Waals surface area (Å²) in [6.07, 6.45) is 0.797. The molecule has 124 valence electrons. The Kier molecular flexibility index (Phi) is 5.55. The van der Waals surface area contributed by atoms with E-state index in [2.05, 4.69) is 10.0 Å². The van der Waals surface area contributed by atoms with E-state index in [9.17, 15) is 8.42 Å². The summed E-state index contributed by atoms with van der Waals surface area (Å²) >= 11 is 0. The number of hydrogen-bond acceptors (Lipinski definition) is 5. The van der Waals surface area contributed by atoms with Crippen molar-refractivity contribution in [1.29, 1.82) is 0 Å². The Bertz CT molecular complexity index is 623. The van der Waals surface area contributed by atoms with Gasteiger partial charge in [-0.2, -0.15) is 0 Å². The van der Waals surface area contributed by atoms with Gasteiger partial charge in [0.2, 0.25) is 10.0 Å². The van der Waals surface area contributed by atoms with Gasteiger partial charge in [-0.25, -0.2) is 13.1 Å². The zero-order valence-corrected chi connectivity index (χ0v) is 14.0. The Morgan fingerprint density at radius 3 is 2.68 bits per heavy atom. The van der Waals surface area contributed by atoms with Crippen LogP contribution in [0.3, 0.4) is 0 Å². The third kappa shape index (κ3) is 3.65. The third-order valence-electron chi connectivity index (χ3n) is 3.92. The molecule has 22 heavy (non-hydrogen) atoms. The topological polar surface area (TPSA) is 76.7 Å². The molecular weight excluding hydrogens is 328 g/mol. The lowest BCUT2D eigenvalue weighted by molar-refractivity contribution is 0.171. The molecule has 2 aliphatic heterocycles. The molecule has 0 spiro atoms. The number of ether oxygens (including phenoxy) is 2. The first-order chi connectivity index (χ1) is 10.1. The van der Waals surface area contributed by atoms with Crippen molar-refractivity contribution in [2.24, 2.45) is 5.92 Å². The molecule has 1 saturated heterocycles. The first-order valence-electron chi connectivity index (χ1n) is 7.19. The van der Waals surface area contributed by atoms with E-state index in [1.54, 1.807) is 12.1 Å². The molecule has 8 heteroatoms. The first kappa shape index (κ1) is 17.3. The molecule has 0 radical (unpaired) electrons. The molecule has 2 aliphatic rings. The molecule has 1 aromatic rings. The SMILES string of the molecule is CC1CNCCC1NS(=O)(=O)c1ccc2c(c1)OCCO2.Cl. The molecule has 0 bridgehead atoms. The Morgan fingerprint density at radius 2 is 1.95 bits per heavy atom. The fraction of sp³-hybridized carbons (Fsp3) is 0.571. The second kappa shape index (κ2) is 7.04. The maximum Gasteiger partial charge on any atom is 0.240 e. The minimum absolute atomic E-state index is 0. The second-order valence-electron chi connectivity index (χ2n) is 5.50. The van der Waals surface area contributed by atoms with Crippen LogP contribution in [-0.4, -0.2) is 40.8 Å². The van der Waals surface area contributed by atoms with Crippen molar-refractivity contribution in [1.82, 2.24) is 10.0 Å². The second-order valence-corrected chi connectivity index (χ2v) is 7.22. The lowest BCUT2D eigenvalue weighted by Gasteiger charge is -2.30. The van der Waals surface area contributed by atoms with Crippen LogP contribution in [0, 0.1) is 5.92 Å². The van der Waals surface area contributed by atoms with Gasteiger partial charge in [0, 0.05) is 12.1 Å². The van der Waals surface area contributed by atoms with Gasteiger partial charge in [0.05, 0.1) is 4.90 Å². The van der Waals surface area contributed by atoms with Crippen molar-refractivity contribution in [3.8, 4) is 11.5 Å². The molecule has 6 nitrogen and oxygen atoms in total. The van der Waals surface area contributed by atoms with Crippen LogP contribution in [0.15, 0.2) is 23.1 Å². The number of rotatable bonds is 3. The number of hydrogen-bond donors (Lipinski definition) is 2. The zero-order valence-electron chi connectivity index (χ0n) is 12.4. The van der Waals surface area contributed by atoms with Crippen LogP contribution in [-0.2, 0) is 10.0 Å². The van der Waals surface area contributed by atoms with Crippen molar-refractivity contribution < 1.29 is 17.9 Å².